The van der Waals surface area contributed by atoms with Crippen LogP contribution in [0.5, 0.6) is 0 Å². The van der Waals surface area contributed by atoms with Gasteiger partial charge in [0, 0.05) is 10.9 Å². The molecule has 3 atom stereocenters. The van der Waals surface area contributed by atoms with Gasteiger partial charge in [0.1, 0.15) is 12.2 Å². The molecule has 3 aromatic carbocycles. The van der Waals surface area contributed by atoms with E-state index in [1.807, 2.05) is 42.5 Å². The van der Waals surface area contributed by atoms with E-state index in [9.17, 15) is 36.3 Å². The average molecular weight is 647 g/mol. The number of carbonyl (C=O) groups is 3. The van der Waals surface area contributed by atoms with Crippen LogP contribution in [0, 0.1) is 29.1 Å². The van der Waals surface area contributed by atoms with Crippen molar-refractivity contribution in [1.82, 2.24) is 10.0 Å². The normalized spacial score (nSPS) is 21.4. The third kappa shape index (κ3) is 4.35. The molecular weight excluding hydrogens is 631 g/mol. The maximum atomic E-state index is 14.5. The first kappa shape index (κ1) is 27.6. The highest BCUT2D eigenvalue weighted by molar-refractivity contribution is 9.10. The van der Waals surface area contributed by atoms with Crippen molar-refractivity contribution in [3.8, 4) is 0 Å². The molecule has 0 bridgehead atoms. The number of halogens is 6. The van der Waals surface area contributed by atoms with E-state index in [2.05, 4.69) is 31.4 Å². The highest BCUT2D eigenvalue weighted by atomic mass is 79.9. The molecule has 42 heavy (non-hydrogen) atoms. The predicted octanol–water partition coefficient (Wildman–Crippen LogP) is 4.82. The van der Waals surface area contributed by atoms with E-state index in [-0.39, 0.29) is 4.90 Å². The summed E-state index contributed by atoms with van der Waals surface area (Å²) in [7, 11) is 0. The molecule has 3 amide bonds. The Balaban J connectivity index is 1.29. The van der Waals surface area contributed by atoms with Gasteiger partial charge < -0.3 is 0 Å². The van der Waals surface area contributed by atoms with Gasteiger partial charge >= 0.3 is 0 Å². The van der Waals surface area contributed by atoms with Crippen molar-refractivity contribution < 1.29 is 36.3 Å². The lowest BCUT2D eigenvalue weighted by atomic mass is 9.98. The van der Waals surface area contributed by atoms with Crippen LogP contribution in [0.3, 0.4) is 0 Å². The second kappa shape index (κ2) is 10.4. The number of benzene rings is 3. The standard InChI is InChI=1S/C27H16BrF5N6O3/c28-14-8-6-12(7-9-14)15-10-16(13-4-2-1-3-5-13)39(35-15)17(40)11-37-25-23(34-36-37)26(41)38(27(25)42)24-21(32)19(30)18(29)20(31)22(24)33/h1-9,16,23,25H,10-11H2/t16-,23-,25-/m1/s1. The molecule has 15 heteroatoms. The summed E-state index contributed by atoms with van der Waals surface area (Å²) in [5.74, 6) is -15.2. The molecule has 214 valence electrons. The summed E-state index contributed by atoms with van der Waals surface area (Å²) in [6.07, 6.45) is 0.358. The number of amides is 3. The lowest BCUT2D eigenvalue weighted by Gasteiger charge is -2.25. The topological polar surface area (TPSA) is 98.0 Å². The predicted molar refractivity (Wildman–Crippen MR) is 139 cm³/mol. The molecule has 0 spiro atoms. The minimum absolute atomic E-state index is 0.145. The summed E-state index contributed by atoms with van der Waals surface area (Å²) in [5.41, 5.74) is 0.428. The van der Waals surface area contributed by atoms with E-state index >= 15 is 0 Å². The number of carbonyl (C=O) groups excluding carboxylic acids is 3. The molecule has 0 radical (unpaired) electrons. The molecule has 9 nitrogen and oxygen atoms in total. The summed E-state index contributed by atoms with van der Waals surface area (Å²) in [6.45, 7) is -0.630. The summed E-state index contributed by atoms with van der Waals surface area (Å²) in [6, 6.07) is 12.5. The van der Waals surface area contributed by atoms with Crippen molar-refractivity contribution in [2.24, 2.45) is 15.4 Å². The van der Waals surface area contributed by atoms with Crippen LogP contribution in [0.25, 0.3) is 0 Å². The third-order valence-electron chi connectivity index (χ3n) is 7.09. The Morgan fingerprint density at radius 2 is 1.48 bits per heavy atom. The molecular formula is C27H16BrF5N6O3. The van der Waals surface area contributed by atoms with Crippen LogP contribution in [-0.2, 0) is 14.4 Å². The van der Waals surface area contributed by atoms with Crippen LogP contribution in [0.2, 0.25) is 0 Å². The Bertz CT molecular complexity index is 1680. The van der Waals surface area contributed by atoms with Gasteiger partial charge in [-0.25, -0.2) is 31.9 Å². The van der Waals surface area contributed by atoms with E-state index in [1.54, 1.807) is 12.1 Å². The molecule has 0 unspecified atom stereocenters. The van der Waals surface area contributed by atoms with Gasteiger partial charge in [0.2, 0.25) is 5.82 Å². The number of fused-ring (bicyclic) bond motifs is 1. The molecule has 3 heterocycles. The molecule has 1 fully saturated rings. The zero-order valence-electron chi connectivity index (χ0n) is 21.0. The first-order valence-corrected chi connectivity index (χ1v) is 13.1. The molecule has 3 aromatic rings. The molecule has 6 rings (SSSR count). The second-order valence-electron chi connectivity index (χ2n) is 9.55. The van der Waals surface area contributed by atoms with Gasteiger partial charge in [0.05, 0.1) is 11.8 Å². The Morgan fingerprint density at radius 3 is 2.12 bits per heavy atom. The number of rotatable bonds is 5. The number of anilines is 1. The summed E-state index contributed by atoms with van der Waals surface area (Å²) < 4.78 is 71.1. The zero-order valence-corrected chi connectivity index (χ0v) is 22.6. The Morgan fingerprint density at radius 1 is 0.857 bits per heavy atom. The lowest BCUT2D eigenvalue weighted by molar-refractivity contribution is -0.135. The fraction of sp³-hybridized carbons (Fsp3) is 0.185. The van der Waals surface area contributed by atoms with Gasteiger partial charge in [0.15, 0.2) is 35.4 Å². The highest BCUT2D eigenvalue weighted by Crippen LogP contribution is 2.38. The van der Waals surface area contributed by atoms with Crippen molar-refractivity contribution in [3.63, 3.8) is 0 Å². The monoisotopic (exact) mass is 646 g/mol. The van der Waals surface area contributed by atoms with Crippen LogP contribution in [0.4, 0.5) is 27.6 Å². The highest BCUT2D eigenvalue weighted by Gasteiger charge is 2.57. The molecule has 1 saturated heterocycles. The second-order valence-corrected chi connectivity index (χ2v) is 10.5. The zero-order chi connectivity index (χ0) is 29.9. The molecule has 0 aliphatic carbocycles. The summed E-state index contributed by atoms with van der Waals surface area (Å²) >= 11 is 3.38. The molecule has 0 N–H and O–H groups in total. The van der Waals surface area contributed by atoms with Gasteiger partial charge in [-0.05, 0) is 23.3 Å². The molecule has 0 saturated carbocycles. The van der Waals surface area contributed by atoms with E-state index in [0.29, 0.717) is 12.1 Å². The van der Waals surface area contributed by atoms with Crippen LogP contribution in [0.1, 0.15) is 23.6 Å². The Labute approximate surface area is 242 Å². The van der Waals surface area contributed by atoms with Crippen molar-refractivity contribution in [1.29, 1.82) is 0 Å². The molecule has 3 aliphatic heterocycles. The minimum atomic E-state index is -2.44. The first-order chi connectivity index (χ1) is 20.1. The number of imide groups is 1. The van der Waals surface area contributed by atoms with Crippen LogP contribution >= 0.6 is 15.9 Å². The summed E-state index contributed by atoms with van der Waals surface area (Å²) in [5, 5.41) is 14.0. The van der Waals surface area contributed by atoms with Gasteiger partial charge in [-0.3, -0.25) is 19.4 Å². The largest absolute Gasteiger partial charge is 0.271 e. The quantitative estimate of drug-likeness (QED) is 0.172. The number of hydrogen-bond acceptors (Lipinski definition) is 7. The van der Waals surface area contributed by atoms with Crippen molar-refractivity contribution in [3.05, 3.63) is 99.3 Å². The van der Waals surface area contributed by atoms with Gasteiger partial charge in [0.25, 0.3) is 17.7 Å². The van der Waals surface area contributed by atoms with Crippen LogP contribution in [-0.4, -0.2) is 52.1 Å². The van der Waals surface area contributed by atoms with Gasteiger partial charge in [-0.1, -0.05) is 63.6 Å². The van der Waals surface area contributed by atoms with Gasteiger partial charge in [-0.15, -0.1) is 0 Å². The fourth-order valence-corrected chi connectivity index (χ4v) is 5.33. The van der Waals surface area contributed by atoms with E-state index < -0.39 is 77.2 Å². The molecule has 3 aliphatic rings. The number of hydrazone groups is 1. The number of nitrogens with zero attached hydrogens (tertiary/aromatic N) is 6. The first-order valence-electron chi connectivity index (χ1n) is 12.4. The lowest BCUT2D eigenvalue weighted by Crippen LogP contribution is -2.45. The number of hydrogen-bond donors (Lipinski definition) is 0. The minimum Gasteiger partial charge on any atom is -0.271 e. The Kier molecular flexibility index (Phi) is 6.83. The SMILES string of the molecule is O=C1[C@@H]2N=NN(CC(=O)N3N=C(c4ccc(Br)cc4)C[C@@H]3c3ccccc3)[C@H]2C(=O)N1c1c(F)c(F)c(F)c(F)c1F. The van der Waals surface area contributed by atoms with E-state index in [0.717, 1.165) is 20.6 Å². The fourth-order valence-electron chi connectivity index (χ4n) is 5.07. The average Bonchev–Trinajstić information content (AvgIpc) is 3.68. The maximum Gasteiger partial charge on any atom is 0.264 e. The maximum absolute atomic E-state index is 14.5. The third-order valence-corrected chi connectivity index (χ3v) is 7.62. The van der Waals surface area contributed by atoms with E-state index in [4.69, 9.17) is 0 Å². The van der Waals surface area contributed by atoms with Gasteiger partial charge in [-0.2, -0.15) is 10.2 Å². The van der Waals surface area contributed by atoms with Crippen LogP contribution in [0.15, 0.2) is 74.5 Å². The molecule has 0 aromatic heterocycles. The smallest absolute Gasteiger partial charge is 0.264 e. The summed E-state index contributed by atoms with van der Waals surface area (Å²) in [4.78, 5) is 39.5. The van der Waals surface area contributed by atoms with Crippen LogP contribution < -0.4 is 4.90 Å². The van der Waals surface area contributed by atoms with Crippen molar-refractivity contribution in [2.45, 2.75) is 24.5 Å². The van der Waals surface area contributed by atoms with E-state index in [1.165, 1.54) is 5.01 Å². The Hall–Kier alpha value is -4.53. The van der Waals surface area contributed by atoms with Crippen molar-refractivity contribution in [2.75, 3.05) is 11.4 Å². The van der Waals surface area contributed by atoms with Crippen molar-refractivity contribution >= 4 is 45.1 Å².